The summed E-state index contributed by atoms with van der Waals surface area (Å²) in [6, 6.07) is 0. The van der Waals surface area contributed by atoms with E-state index in [0.717, 1.165) is 18.7 Å². The Labute approximate surface area is 126 Å². The van der Waals surface area contributed by atoms with E-state index in [9.17, 15) is 0 Å². The fraction of sp³-hybridized carbons (Fsp3) is 0.417. The molecule has 0 spiro atoms. The van der Waals surface area contributed by atoms with E-state index in [4.69, 9.17) is 10.5 Å². The van der Waals surface area contributed by atoms with Crippen molar-refractivity contribution >= 4 is 23.7 Å². The zero-order chi connectivity index (χ0) is 14.7. The highest BCUT2D eigenvalue weighted by Crippen LogP contribution is 2.23. The predicted molar refractivity (Wildman–Crippen MR) is 78.2 cm³/mol. The Kier molecular flexibility index (Phi) is 4.11. The van der Waals surface area contributed by atoms with Crippen molar-refractivity contribution in [3.63, 3.8) is 0 Å². The topological polar surface area (TPSA) is 103 Å². The van der Waals surface area contributed by atoms with Crippen molar-refractivity contribution < 1.29 is 4.74 Å². The van der Waals surface area contributed by atoms with E-state index in [2.05, 4.69) is 24.9 Å². The molecule has 2 aromatic rings. The van der Waals surface area contributed by atoms with Gasteiger partial charge in [0, 0.05) is 25.5 Å². The highest BCUT2D eigenvalue weighted by molar-refractivity contribution is 7.99. The molecule has 2 aromatic heterocycles. The molecular formula is C12H15N7OS. The van der Waals surface area contributed by atoms with Crippen LogP contribution in [-0.4, -0.2) is 51.2 Å². The molecule has 9 heteroatoms. The van der Waals surface area contributed by atoms with Gasteiger partial charge in [0.25, 0.3) is 0 Å². The molecule has 0 atom stereocenters. The molecule has 0 unspecified atom stereocenters. The fourth-order valence-corrected chi connectivity index (χ4v) is 2.47. The number of nitrogens with zero attached hydrogens (tertiary/aromatic N) is 6. The first-order valence-corrected chi connectivity index (χ1v) is 7.33. The smallest absolute Gasteiger partial charge is 0.231 e. The average molecular weight is 305 g/mol. The first kappa shape index (κ1) is 14.0. The van der Waals surface area contributed by atoms with E-state index in [1.165, 1.54) is 11.8 Å². The van der Waals surface area contributed by atoms with Crippen LogP contribution in [0.4, 0.5) is 11.9 Å². The molecule has 3 heterocycles. The van der Waals surface area contributed by atoms with Crippen molar-refractivity contribution in [1.29, 1.82) is 0 Å². The summed E-state index contributed by atoms with van der Waals surface area (Å²) in [7, 11) is 0. The van der Waals surface area contributed by atoms with E-state index in [1.807, 2.05) is 11.8 Å². The number of anilines is 2. The Morgan fingerprint density at radius 1 is 1.10 bits per heavy atom. The number of hydrogen-bond donors (Lipinski definition) is 1. The highest BCUT2D eigenvalue weighted by Gasteiger charge is 2.16. The normalized spacial score (nSPS) is 15.2. The molecule has 0 aliphatic carbocycles. The molecule has 3 rings (SSSR count). The summed E-state index contributed by atoms with van der Waals surface area (Å²) >= 11 is 1.27. The van der Waals surface area contributed by atoms with Crippen LogP contribution in [0, 0.1) is 6.92 Å². The quantitative estimate of drug-likeness (QED) is 0.813. The molecule has 2 N–H and O–H groups in total. The maximum Gasteiger partial charge on any atom is 0.231 e. The monoisotopic (exact) mass is 305 g/mol. The van der Waals surface area contributed by atoms with Gasteiger partial charge in [-0.1, -0.05) is 0 Å². The lowest BCUT2D eigenvalue weighted by atomic mass is 10.4. The number of morpholine rings is 1. The molecule has 0 bridgehead atoms. The Morgan fingerprint density at radius 2 is 1.81 bits per heavy atom. The van der Waals surface area contributed by atoms with Crippen LogP contribution in [0.3, 0.4) is 0 Å². The van der Waals surface area contributed by atoms with Gasteiger partial charge in [0.1, 0.15) is 0 Å². The maximum absolute atomic E-state index is 5.77. The summed E-state index contributed by atoms with van der Waals surface area (Å²) in [6.07, 6.45) is 3.51. The zero-order valence-corrected chi connectivity index (χ0v) is 12.4. The second kappa shape index (κ2) is 6.19. The van der Waals surface area contributed by atoms with Gasteiger partial charge in [-0.3, -0.25) is 0 Å². The van der Waals surface area contributed by atoms with Gasteiger partial charge in [0.2, 0.25) is 17.1 Å². The van der Waals surface area contributed by atoms with Gasteiger partial charge < -0.3 is 15.4 Å². The number of hydrogen-bond acceptors (Lipinski definition) is 9. The van der Waals surface area contributed by atoms with E-state index in [-0.39, 0.29) is 5.95 Å². The van der Waals surface area contributed by atoms with Crippen LogP contribution in [0.2, 0.25) is 0 Å². The van der Waals surface area contributed by atoms with Crippen LogP contribution in [0.25, 0.3) is 0 Å². The van der Waals surface area contributed by atoms with Gasteiger partial charge in [0.15, 0.2) is 5.16 Å². The van der Waals surface area contributed by atoms with Crippen LogP contribution in [-0.2, 0) is 4.74 Å². The Morgan fingerprint density at radius 3 is 2.52 bits per heavy atom. The van der Waals surface area contributed by atoms with E-state index >= 15 is 0 Å². The first-order valence-electron chi connectivity index (χ1n) is 6.51. The van der Waals surface area contributed by atoms with Gasteiger partial charge in [-0.15, -0.1) is 0 Å². The minimum Gasteiger partial charge on any atom is -0.378 e. The second-order valence-corrected chi connectivity index (χ2v) is 5.46. The van der Waals surface area contributed by atoms with Crippen LogP contribution in [0.15, 0.2) is 22.7 Å². The van der Waals surface area contributed by atoms with E-state index in [0.29, 0.717) is 29.5 Å². The van der Waals surface area contributed by atoms with Crippen molar-refractivity contribution in [2.24, 2.45) is 0 Å². The summed E-state index contributed by atoms with van der Waals surface area (Å²) in [4.78, 5) is 23.2. The molecular weight excluding hydrogens is 290 g/mol. The van der Waals surface area contributed by atoms with Crippen molar-refractivity contribution in [3.8, 4) is 0 Å². The Balaban J connectivity index is 1.81. The van der Waals surface area contributed by atoms with Crippen LogP contribution >= 0.6 is 11.8 Å². The summed E-state index contributed by atoms with van der Waals surface area (Å²) in [6.45, 7) is 4.75. The van der Waals surface area contributed by atoms with E-state index < -0.39 is 0 Å². The molecule has 0 saturated carbocycles. The van der Waals surface area contributed by atoms with Gasteiger partial charge in [-0.05, 0) is 24.2 Å². The third-order valence-corrected chi connectivity index (χ3v) is 3.61. The van der Waals surface area contributed by atoms with Crippen LogP contribution in [0.1, 0.15) is 5.56 Å². The maximum atomic E-state index is 5.77. The lowest BCUT2D eigenvalue weighted by Gasteiger charge is -2.26. The summed E-state index contributed by atoms with van der Waals surface area (Å²) < 4.78 is 5.32. The lowest BCUT2D eigenvalue weighted by molar-refractivity contribution is 0.122. The number of rotatable bonds is 3. The third kappa shape index (κ3) is 3.56. The number of aryl methyl sites for hydroxylation is 1. The molecule has 1 fully saturated rings. The highest BCUT2D eigenvalue weighted by atomic mass is 32.2. The molecule has 1 aliphatic rings. The molecule has 0 amide bonds. The van der Waals surface area contributed by atoms with Crippen molar-refractivity contribution in [2.75, 3.05) is 36.9 Å². The molecule has 0 aromatic carbocycles. The van der Waals surface area contributed by atoms with Gasteiger partial charge in [-0.2, -0.15) is 15.0 Å². The average Bonchev–Trinajstić information content (AvgIpc) is 2.50. The van der Waals surface area contributed by atoms with E-state index in [1.54, 1.807) is 12.4 Å². The van der Waals surface area contributed by atoms with Crippen molar-refractivity contribution in [2.45, 2.75) is 17.2 Å². The van der Waals surface area contributed by atoms with Gasteiger partial charge in [-0.25, -0.2) is 9.97 Å². The van der Waals surface area contributed by atoms with Crippen LogP contribution < -0.4 is 10.6 Å². The number of nitrogen functional groups attached to an aromatic ring is 1. The Hall–Kier alpha value is -2.00. The molecule has 110 valence electrons. The Bertz CT molecular complexity index is 616. The number of aromatic nitrogens is 5. The lowest BCUT2D eigenvalue weighted by Crippen LogP contribution is -2.37. The zero-order valence-electron chi connectivity index (χ0n) is 11.6. The minimum absolute atomic E-state index is 0.195. The number of ether oxygens (including phenoxy) is 1. The SMILES string of the molecule is Cc1cnc(Sc2nc(N)nc(N3CCOCC3)n2)nc1. The molecule has 1 aliphatic heterocycles. The minimum atomic E-state index is 0.195. The van der Waals surface area contributed by atoms with Crippen molar-refractivity contribution in [3.05, 3.63) is 18.0 Å². The summed E-state index contributed by atoms with van der Waals surface area (Å²) in [5.74, 6) is 0.765. The van der Waals surface area contributed by atoms with Crippen molar-refractivity contribution in [1.82, 2.24) is 24.9 Å². The standard InChI is InChI=1S/C12H15N7OS/c1-8-6-14-11(15-7-8)21-12-17-9(13)16-10(18-12)19-2-4-20-5-3-19/h6-7H,2-5H2,1H3,(H2,13,16,17,18). The van der Waals surface area contributed by atoms with Crippen LogP contribution in [0.5, 0.6) is 0 Å². The molecule has 8 nitrogen and oxygen atoms in total. The number of nitrogens with two attached hydrogens (primary N) is 1. The first-order chi connectivity index (χ1) is 10.2. The summed E-state index contributed by atoms with van der Waals surface area (Å²) in [5, 5.41) is 1.08. The molecule has 1 saturated heterocycles. The molecule has 0 radical (unpaired) electrons. The second-order valence-electron chi connectivity index (χ2n) is 4.52. The van der Waals surface area contributed by atoms with Gasteiger partial charge >= 0.3 is 0 Å². The predicted octanol–water partition coefficient (Wildman–Crippen LogP) is 0.540. The summed E-state index contributed by atoms with van der Waals surface area (Å²) in [5.41, 5.74) is 6.77. The third-order valence-electron chi connectivity index (χ3n) is 2.85. The van der Waals surface area contributed by atoms with Gasteiger partial charge in [0.05, 0.1) is 13.2 Å². The molecule has 21 heavy (non-hydrogen) atoms. The largest absolute Gasteiger partial charge is 0.378 e. The fourth-order valence-electron chi connectivity index (χ4n) is 1.83.